The lowest BCUT2D eigenvalue weighted by atomic mass is 9.98. The summed E-state index contributed by atoms with van der Waals surface area (Å²) in [6, 6.07) is 0. The smallest absolute Gasteiger partial charge is 0.305 e. The summed E-state index contributed by atoms with van der Waals surface area (Å²) in [7, 11) is 0. The first kappa shape index (κ1) is 54.9. The third kappa shape index (κ3) is 23.4. The second kappa shape index (κ2) is 35.1. The standard InChI is InChI=1S/C46H86O14/c1-3-5-6-7-8-9-10-11-12-13-14-15-16-17-18-19-20-21-22-23-24-25-26-27-28-29-30-55-32-35(58-38(48)4-2)33-56-45-44(54)42(52)40(50)37(60-45)34-57-46-43(53)41(51)39(49)36(31-47)59-46/h13-14,35-37,39-47,49-54H,3-12,15-34H2,1-2H3/b14-13-. The first-order valence-corrected chi connectivity index (χ1v) is 23.8. The molecule has 14 heteroatoms. The number of hydrogen-bond acceptors (Lipinski definition) is 14. The molecular weight excluding hydrogens is 776 g/mol. The minimum atomic E-state index is -1.70. The molecule has 11 unspecified atom stereocenters. The van der Waals surface area contributed by atoms with Crippen LogP contribution in [0.4, 0.5) is 0 Å². The van der Waals surface area contributed by atoms with Crippen LogP contribution in [-0.4, -0.2) is 142 Å². The van der Waals surface area contributed by atoms with Gasteiger partial charge in [0.1, 0.15) is 54.9 Å². The van der Waals surface area contributed by atoms with Gasteiger partial charge < -0.3 is 64.2 Å². The summed E-state index contributed by atoms with van der Waals surface area (Å²) in [5, 5.41) is 71.2. The van der Waals surface area contributed by atoms with Crippen LogP contribution in [0.25, 0.3) is 0 Å². The van der Waals surface area contributed by atoms with Crippen molar-refractivity contribution in [3.8, 4) is 0 Å². The summed E-state index contributed by atoms with van der Waals surface area (Å²) in [6.45, 7) is 3.11. The molecule has 0 radical (unpaired) electrons. The fraction of sp³-hybridized carbons (Fsp3) is 0.935. The molecule has 0 bridgehead atoms. The topological polar surface area (TPSA) is 214 Å². The molecule has 0 spiro atoms. The molecule has 11 atom stereocenters. The van der Waals surface area contributed by atoms with Gasteiger partial charge in [-0.3, -0.25) is 4.79 Å². The van der Waals surface area contributed by atoms with Crippen molar-refractivity contribution >= 4 is 5.97 Å². The van der Waals surface area contributed by atoms with Crippen LogP contribution in [0.1, 0.15) is 174 Å². The number of ether oxygens (including phenoxy) is 6. The summed E-state index contributed by atoms with van der Waals surface area (Å²) < 4.78 is 33.4. The van der Waals surface area contributed by atoms with E-state index in [9.17, 15) is 40.5 Å². The molecule has 2 saturated heterocycles. The molecule has 2 aliphatic heterocycles. The van der Waals surface area contributed by atoms with Gasteiger partial charge in [0.15, 0.2) is 12.6 Å². The molecule has 14 nitrogen and oxygen atoms in total. The van der Waals surface area contributed by atoms with Crippen LogP contribution in [0, 0.1) is 0 Å². The highest BCUT2D eigenvalue weighted by molar-refractivity contribution is 5.69. The molecule has 60 heavy (non-hydrogen) atoms. The number of rotatable bonds is 37. The zero-order valence-corrected chi connectivity index (χ0v) is 37.2. The van der Waals surface area contributed by atoms with E-state index in [1.165, 1.54) is 135 Å². The lowest BCUT2D eigenvalue weighted by molar-refractivity contribution is -0.332. The second-order valence-electron chi connectivity index (χ2n) is 16.9. The Hall–Kier alpha value is -1.27. The van der Waals surface area contributed by atoms with Gasteiger partial charge in [0, 0.05) is 13.0 Å². The Kier molecular flexibility index (Phi) is 32.1. The Bertz CT molecular complexity index is 1050. The van der Waals surface area contributed by atoms with Crippen LogP contribution >= 0.6 is 0 Å². The maximum atomic E-state index is 12.1. The first-order chi connectivity index (χ1) is 29.1. The van der Waals surface area contributed by atoms with Gasteiger partial charge in [0.25, 0.3) is 0 Å². The molecule has 0 aromatic carbocycles. The van der Waals surface area contributed by atoms with Gasteiger partial charge in [-0.2, -0.15) is 0 Å². The summed E-state index contributed by atoms with van der Waals surface area (Å²) in [5.41, 5.74) is 0. The molecule has 2 fully saturated rings. The summed E-state index contributed by atoms with van der Waals surface area (Å²) in [5.74, 6) is -0.461. The minimum Gasteiger partial charge on any atom is -0.457 e. The van der Waals surface area contributed by atoms with Gasteiger partial charge in [0.05, 0.1) is 26.4 Å². The number of carbonyl (C=O) groups is 1. The molecule has 0 saturated carbocycles. The van der Waals surface area contributed by atoms with Crippen molar-refractivity contribution < 1.29 is 69.0 Å². The molecule has 2 aliphatic rings. The number of aliphatic hydroxyl groups excluding tert-OH is 7. The van der Waals surface area contributed by atoms with Crippen LogP contribution < -0.4 is 0 Å². The predicted octanol–water partition coefficient (Wildman–Crippen LogP) is 5.90. The van der Waals surface area contributed by atoms with E-state index in [1.807, 2.05) is 0 Å². The molecule has 2 heterocycles. The van der Waals surface area contributed by atoms with E-state index >= 15 is 0 Å². The Labute approximate surface area is 361 Å². The fourth-order valence-electron chi connectivity index (χ4n) is 7.61. The van der Waals surface area contributed by atoms with Crippen LogP contribution in [0.15, 0.2) is 12.2 Å². The van der Waals surface area contributed by atoms with E-state index in [-0.39, 0.29) is 19.6 Å². The monoisotopic (exact) mass is 863 g/mol. The van der Waals surface area contributed by atoms with Crippen molar-refractivity contribution in [3.63, 3.8) is 0 Å². The second-order valence-corrected chi connectivity index (χ2v) is 16.9. The Balaban J connectivity index is 1.49. The average Bonchev–Trinajstić information content (AvgIpc) is 3.25. The van der Waals surface area contributed by atoms with Gasteiger partial charge in [-0.15, -0.1) is 0 Å². The summed E-state index contributed by atoms with van der Waals surface area (Å²) >= 11 is 0. The highest BCUT2D eigenvalue weighted by atomic mass is 16.7. The number of aliphatic hydroxyl groups is 7. The third-order valence-electron chi connectivity index (χ3n) is 11.6. The number of allylic oxidation sites excluding steroid dienone is 2. The van der Waals surface area contributed by atoms with Gasteiger partial charge in [-0.1, -0.05) is 148 Å². The van der Waals surface area contributed by atoms with E-state index in [4.69, 9.17) is 28.4 Å². The maximum absolute atomic E-state index is 12.1. The molecule has 2 rings (SSSR count). The molecule has 0 aromatic heterocycles. The van der Waals surface area contributed by atoms with E-state index in [0.717, 1.165) is 19.3 Å². The zero-order chi connectivity index (χ0) is 43.8. The molecular formula is C46H86O14. The number of carbonyl (C=O) groups excluding carboxylic acids is 1. The Morgan fingerprint density at radius 3 is 1.45 bits per heavy atom. The van der Waals surface area contributed by atoms with Crippen LogP contribution in [0.2, 0.25) is 0 Å². The number of esters is 1. The van der Waals surface area contributed by atoms with Crippen molar-refractivity contribution in [3.05, 3.63) is 12.2 Å². The van der Waals surface area contributed by atoms with E-state index in [0.29, 0.717) is 6.61 Å². The van der Waals surface area contributed by atoms with Gasteiger partial charge in [0.2, 0.25) is 0 Å². The highest BCUT2D eigenvalue weighted by Gasteiger charge is 2.47. The average molecular weight is 863 g/mol. The van der Waals surface area contributed by atoms with Crippen LogP contribution in [-0.2, 0) is 33.2 Å². The lowest BCUT2D eigenvalue weighted by Gasteiger charge is -2.42. The van der Waals surface area contributed by atoms with Crippen molar-refractivity contribution in [1.29, 1.82) is 0 Å². The van der Waals surface area contributed by atoms with Crippen molar-refractivity contribution in [2.75, 3.05) is 33.0 Å². The van der Waals surface area contributed by atoms with Gasteiger partial charge >= 0.3 is 5.97 Å². The Morgan fingerprint density at radius 2 is 0.967 bits per heavy atom. The highest BCUT2D eigenvalue weighted by Crippen LogP contribution is 2.26. The van der Waals surface area contributed by atoms with Crippen LogP contribution in [0.3, 0.4) is 0 Å². The largest absolute Gasteiger partial charge is 0.457 e. The van der Waals surface area contributed by atoms with Crippen molar-refractivity contribution in [2.24, 2.45) is 0 Å². The van der Waals surface area contributed by atoms with E-state index in [2.05, 4.69) is 19.1 Å². The maximum Gasteiger partial charge on any atom is 0.305 e. The summed E-state index contributed by atoms with van der Waals surface area (Å²) in [6.07, 6.45) is 20.0. The quantitative estimate of drug-likeness (QED) is 0.0220. The van der Waals surface area contributed by atoms with Gasteiger partial charge in [-0.05, 0) is 32.1 Å². The normalized spacial score (nSPS) is 27.8. The first-order valence-electron chi connectivity index (χ1n) is 23.8. The molecule has 0 aromatic rings. The minimum absolute atomic E-state index is 0.0557. The Morgan fingerprint density at radius 1 is 0.533 bits per heavy atom. The SMILES string of the molecule is CCCCCCCCCC/C=C\CCCCCCCCCCCCCCCCOCC(COC1OC(COC2OC(CO)C(O)C(O)C2O)C(O)C(O)C1O)OC(=O)CC. The third-order valence-corrected chi connectivity index (χ3v) is 11.6. The van der Waals surface area contributed by atoms with Crippen molar-refractivity contribution in [2.45, 2.75) is 242 Å². The molecule has 0 aliphatic carbocycles. The number of hydrogen-bond donors (Lipinski definition) is 7. The molecule has 354 valence electrons. The van der Waals surface area contributed by atoms with E-state index in [1.54, 1.807) is 6.92 Å². The van der Waals surface area contributed by atoms with Gasteiger partial charge in [-0.25, -0.2) is 0 Å². The molecule has 7 N–H and O–H groups in total. The zero-order valence-electron chi connectivity index (χ0n) is 37.2. The lowest BCUT2D eigenvalue weighted by Crippen LogP contribution is -2.61. The fourth-order valence-corrected chi connectivity index (χ4v) is 7.61. The van der Waals surface area contributed by atoms with Crippen molar-refractivity contribution in [1.82, 2.24) is 0 Å². The van der Waals surface area contributed by atoms with E-state index < -0.39 is 86.7 Å². The predicted molar refractivity (Wildman–Crippen MR) is 229 cm³/mol. The number of unbranched alkanes of at least 4 members (excludes halogenated alkanes) is 22. The molecule has 0 amide bonds. The summed E-state index contributed by atoms with van der Waals surface area (Å²) in [4.78, 5) is 12.1. The van der Waals surface area contributed by atoms with Crippen LogP contribution in [0.5, 0.6) is 0 Å².